The summed E-state index contributed by atoms with van der Waals surface area (Å²) in [6.07, 6.45) is 1.61. The highest BCUT2D eigenvalue weighted by molar-refractivity contribution is 5.72. The molecule has 1 aliphatic rings. The molecule has 134 valence electrons. The van der Waals surface area contributed by atoms with Gasteiger partial charge in [-0.05, 0) is 57.1 Å². The van der Waals surface area contributed by atoms with Crippen LogP contribution in [0.25, 0.3) is 11.5 Å². The Morgan fingerprint density at radius 1 is 1.24 bits per heavy atom. The Morgan fingerprint density at radius 3 is 2.60 bits per heavy atom. The van der Waals surface area contributed by atoms with Crippen molar-refractivity contribution in [2.75, 3.05) is 26.8 Å². The van der Waals surface area contributed by atoms with Gasteiger partial charge >= 0.3 is 5.97 Å². The fourth-order valence-corrected chi connectivity index (χ4v) is 2.95. The van der Waals surface area contributed by atoms with Gasteiger partial charge in [-0.3, -0.25) is 9.69 Å². The minimum Gasteiger partial charge on any atom is -0.497 e. The number of carbonyl (C=O) groups is 1. The van der Waals surface area contributed by atoms with Gasteiger partial charge in [0.15, 0.2) is 0 Å². The highest BCUT2D eigenvalue weighted by Gasteiger charge is 2.26. The number of esters is 1. The van der Waals surface area contributed by atoms with Crippen molar-refractivity contribution in [3.8, 4) is 17.2 Å². The summed E-state index contributed by atoms with van der Waals surface area (Å²) >= 11 is 0. The van der Waals surface area contributed by atoms with Gasteiger partial charge in [-0.15, -0.1) is 10.2 Å². The summed E-state index contributed by atoms with van der Waals surface area (Å²) in [5, 5.41) is 8.25. The Kier molecular flexibility index (Phi) is 5.65. The van der Waals surface area contributed by atoms with Crippen LogP contribution in [0, 0.1) is 5.92 Å². The molecule has 0 bridgehead atoms. The smallest absolute Gasteiger partial charge is 0.309 e. The maximum absolute atomic E-state index is 11.8. The molecule has 1 aromatic carbocycles. The van der Waals surface area contributed by atoms with Crippen LogP contribution in [-0.2, 0) is 16.1 Å². The summed E-state index contributed by atoms with van der Waals surface area (Å²) in [4.78, 5) is 14.0. The molecule has 2 aromatic rings. The van der Waals surface area contributed by atoms with E-state index in [0.717, 1.165) is 37.2 Å². The van der Waals surface area contributed by atoms with Crippen LogP contribution < -0.4 is 4.74 Å². The molecule has 0 unspecified atom stereocenters. The SMILES string of the molecule is CCOC(=O)C1CCN(Cc2nnc(-c3ccc(OC)cc3)o2)CC1. The quantitative estimate of drug-likeness (QED) is 0.744. The number of piperidine rings is 1. The van der Waals surface area contributed by atoms with Crippen molar-refractivity contribution in [1.29, 1.82) is 0 Å². The van der Waals surface area contributed by atoms with Crippen molar-refractivity contribution in [1.82, 2.24) is 15.1 Å². The lowest BCUT2D eigenvalue weighted by Crippen LogP contribution is -2.36. The summed E-state index contributed by atoms with van der Waals surface area (Å²) in [5.74, 6) is 1.79. The number of methoxy groups -OCH3 is 1. The minimum absolute atomic E-state index is 0.00810. The average molecular weight is 345 g/mol. The zero-order chi connectivity index (χ0) is 17.6. The van der Waals surface area contributed by atoms with Gasteiger partial charge in [0.1, 0.15) is 5.75 Å². The first-order valence-corrected chi connectivity index (χ1v) is 8.55. The molecule has 2 heterocycles. The Balaban J connectivity index is 1.54. The number of likely N-dealkylation sites (tertiary alicyclic amines) is 1. The number of hydrogen-bond donors (Lipinski definition) is 0. The Hall–Kier alpha value is -2.41. The van der Waals surface area contributed by atoms with Crippen LogP contribution in [0.15, 0.2) is 28.7 Å². The second kappa shape index (κ2) is 8.11. The van der Waals surface area contributed by atoms with Gasteiger partial charge in [-0.1, -0.05) is 0 Å². The van der Waals surface area contributed by atoms with Gasteiger partial charge in [-0.2, -0.15) is 0 Å². The van der Waals surface area contributed by atoms with Gasteiger partial charge < -0.3 is 13.9 Å². The molecule has 25 heavy (non-hydrogen) atoms. The molecule has 7 heteroatoms. The van der Waals surface area contributed by atoms with Gasteiger partial charge in [-0.25, -0.2) is 0 Å². The third-order valence-corrected chi connectivity index (χ3v) is 4.37. The van der Waals surface area contributed by atoms with Crippen molar-refractivity contribution < 1.29 is 18.7 Å². The van der Waals surface area contributed by atoms with E-state index < -0.39 is 0 Å². The topological polar surface area (TPSA) is 77.7 Å². The summed E-state index contributed by atoms with van der Waals surface area (Å²) < 4.78 is 16.0. The Bertz CT molecular complexity index is 691. The predicted octanol–water partition coefficient (Wildman–Crippen LogP) is 2.52. The largest absolute Gasteiger partial charge is 0.497 e. The van der Waals surface area contributed by atoms with E-state index in [1.807, 2.05) is 31.2 Å². The van der Waals surface area contributed by atoms with Crippen molar-refractivity contribution in [2.24, 2.45) is 5.92 Å². The molecule has 3 rings (SSSR count). The monoisotopic (exact) mass is 345 g/mol. The van der Waals surface area contributed by atoms with Crippen LogP contribution in [-0.4, -0.2) is 47.9 Å². The number of aromatic nitrogens is 2. The van der Waals surface area contributed by atoms with E-state index in [1.165, 1.54) is 0 Å². The minimum atomic E-state index is -0.0817. The highest BCUT2D eigenvalue weighted by atomic mass is 16.5. The van der Waals surface area contributed by atoms with Crippen LogP contribution in [0.5, 0.6) is 5.75 Å². The molecule has 1 aliphatic heterocycles. The van der Waals surface area contributed by atoms with E-state index in [0.29, 0.717) is 24.9 Å². The molecule has 1 saturated heterocycles. The first-order valence-electron chi connectivity index (χ1n) is 8.55. The number of ether oxygens (including phenoxy) is 2. The molecule has 1 fully saturated rings. The van der Waals surface area contributed by atoms with E-state index in [4.69, 9.17) is 13.9 Å². The Labute approximate surface area is 146 Å². The third-order valence-electron chi connectivity index (χ3n) is 4.37. The molecular weight excluding hydrogens is 322 g/mol. The van der Waals surface area contributed by atoms with Gasteiger partial charge in [0.25, 0.3) is 0 Å². The standard InChI is InChI=1S/C18H23N3O4/c1-3-24-18(22)14-8-10-21(11-9-14)12-16-19-20-17(25-16)13-4-6-15(23-2)7-5-13/h4-7,14H,3,8-12H2,1-2H3. The van der Waals surface area contributed by atoms with E-state index in [9.17, 15) is 4.79 Å². The molecule has 7 nitrogen and oxygen atoms in total. The maximum atomic E-state index is 11.8. The lowest BCUT2D eigenvalue weighted by Gasteiger charge is -2.29. The number of carbonyl (C=O) groups excluding carboxylic acids is 1. The summed E-state index contributed by atoms with van der Waals surface area (Å²) in [7, 11) is 1.63. The second-order valence-corrected chi connectivity index (χ2v) is 6.03. The van der Waals surface area contributed by atoms with E-state index in [-0.39, 0.29) is 11.9 Å². The zero-order valence-electron chi connectivity index (χ0n) is 14.6. The number of hydrogen-bond acceptors (Lipinski definition) is 7. The fraction of sp³-hybridized carbons (Fsp3) is 0.500. The van der Waals surface area contributed by atoms with Crippen molar-refractivity contribution in [3.05, 3.63) is 30.2 Å². The molecule has 0 atom stereocenters. The Morgan fingerprint density at radius 2 is 1.96 bits per heavy atom. The van der Waals surface area contributed by atoms with E-state index in [2.05, 4.69) is 15.1 Å². The molecule has 0 spiro atoms. The van der Waals surface area contributed by atoms with E-state index >= 15 is 0 Å². The first-order chi connectivity index (χ1) is 12.2. The van der Waals surface area contributed by atoms with Crippen LogP contribution in [0.4, 0.5) is 0 Å². The second-order valence-electron chi connectivity index (χ2n) is 6.03. The zero-order valence-corrected chi connectivity index (χ0v) is 14.6. The molecular formula is C18H23N3O4. The van der Waals surface area contributed by atoms with Crippen molar-refractivity contribution >= 4 is 5.97 Å². The third kappa shape index (κ3) is 4.36. The average Bonchev–Trinajstić information content (AvgIpc) is 3.11. The van der Waals surface area contributed by atoms with Crippen LogP contribution in [0.2, 0.25) is 0 Å². The number of benzene rings is 1. The van der Waals surface area contributed by atoms with Gasteiger partial charge in [0.05, 0.1) is 26.2 Å². The first kappa shape index (κ1) is 17.4. The van der Waals surface area contributed by atoms with Gasteiger partial charge in [0, 0.05) is 5.56 Å². The molecule has 0 radical (unpaired) electrons. The summed E-state index contributed by atoms with van der Waals surface area (Å²) in [5.41, 5.74) is 0.862. The van der Waals surface area contributed by atoms with Crippen LogP contribution >= 0.6 is 0 Å². The normalized spacial score (nSPS) is 15.9. The van der Waals surface area contributed by atoms with E-state index in [1.54, 1.807) is 7.11 Å². The van der Waals surface area contributed by atoms with Crippen LogP contribution in [0.1, 0.15) is 25.7 Å². The maximum Gasteiger partial charge on any atom is 0.309 e. The van der Waals surface area contributed by atoms with Crippen molar-refractivity contribution in [2.45, 2.75) is 26.3 Å². The molecule has 1 aromatic heterocycles. The molecule has 0 saturated carbocycles. The lowest BCUT2D eigenvalue weighted by atomic mass is 9.97. The van der Waals surface area contributed by atoms with Crippen molar-refractivity contribution in [3.63, 3.8) is 0 Å². The lowest BCUT2D eigenvalue weighted by molar-refractivity contribution is -0.149. The van der Waals surface area contributed by atoms with Gasteiger partial charge in [0.2, 0.25) is 11.8 Å². The van der Waals surface area contributed by atoms with Crippen LogP contribution in [0.3, 0.4) is 0 Å². The highest BCUT2D eigenvalue weighted by Crippen LogP contribution is 2.23. The molecule has 0 aliphatic carbocycles. The molecule has 0 amide bonds. The molecule has 0 N–H and O–H groups in total. The number of nitrogens with zero attached hydrogens (tertiary/aromatic N) is 3. The predicted molar refractivity (Wildman–Crippen MR) is 90.9 cm³/mol. The number of rotatable bonds is 6. The fourth-order valence-electron chi connectivity index (χ4n) is 2.95. The summed E-state index contributed by atoms with van der Waals surface area (Å²) in [6.45, 7) is 4.52. The summed E-state index contributed by atoms with van der Waals surface area (Å²) in [6, 6.07) is 7.50.